The minimum atomic E-state index is 0.750. The lowest BCUT2D eigenvalue weighted by Gasteiger charge is -2.10. The summed E-state index contributed by atoms with van der Waals surface area (Å²) in [6.45, 7) is 14.4. The van der Waals surface area contributed by atoms with Crippen molar-refractivity contribution in [2.24, 2.45) is 0 Å². The summed E-state index contributed by atoms with van der Waals surface area (Å²) in [4.78, 5) is 9.64. The van der Waals surface area contributed by atoms with E-state index in [9.17, 15) is 0 Å². The molecule has 0 radical (unpaired) electrons. The van der Waals surface area contributed by atoms with Gasteiger partial charge in [0.15, 0.2) is 5.82 Å². The van der Waals surface area contributed by atoms with E-state index in [0.29, 0.717) is 0 Å². The number of allylic oxidation sites excluding steroid dienone is 4. The van der Waals surface area contributed by atoms with Crippen molar-refractivity contribution in [3.63, 3.8) is 0 Å². The molecule has 0 amide bonds. The summed E-state index contributed by atoms with van der Waals surface area (Å²) < 4.78 is 0. The predicted octanol–water partition coefficient (Wildman–Crippen LogP) is 8.54. The fourth-order valence-corrected chi connectivity index (χ4v) is 2.69. The Morgan fingerprint density at radius 3 is 1.97 bits per heavy atom. The summed E-state index contributed by atoms with van der Waals surface area (Å²) in [5, 5.41) is 0. The molecule has 0 aliphatic heterocycles. The van der Waals surface area contributed by atoms with Crippen LogP contribution < -0.4 is 0 Å². The molecule has 0 saturated carbocycles. The lowest BCUT2D eigenvalue weighted by molar-refractivity contribution is 1.09. The monoisotopic (exact) mass is 400 g/mol. The zero-order chi connectivity index (χ0) is 22.4. The van der Waals surface area contributed by atoms with Gasteiger partial charge in [-0.2, -0.15) is 0 Å². The molecule has 0 fully saturated rings. The normalized spacial score (nSPS) is 10.7. The van der Waals surface area contributed by atoms with Gasteiger partial charge in [0.2, 0.25) is 0 Å². The summed E-state index contributed by atoms with van der Waals surface area (Å²) in [5.74, 6) is 0.750. The highest BCUT2D eigenvalue weighted by Crippen LogP contribution is 2.26. The van der Waals surface area contributed by atoms with Gasteiger partial charge in [0.05, 0.1) is 11.4 Å². The zero-order valence-electron chi connectivity index (χ0n) is 19.6. The summed E-state index contributed by atoms with van der Waals surface area (Å²) in [5.41, 5.74) is 6.31. The summed E-state index contributed by atoms with van der Waals surface area (Å²) in [7, 11) is 0. The maximum atomic E-state index is 4.82. The number of nitrogens with zero attached hydrogens (tertiary/aromatic N) is 2. The molecule has 1 aromatic heterocycles. The van der Waals surface area contributed by atoms with Crippen molar-refractivity contribution in [1.29, 1.82) is 0 Å². The molecule has 30 heavy (non-hydrogen) atoms. The lowest BCUT2D eigenvalue weighted by atomic mass is 10.1. The predicted molar refractivity (Wildman–Crippen MR) is 133 cm³/mol. The van der Waals surface area contributed by atoms with Crippen LogP contribution in [0.15, 0.2) is 78.9 Å². The Morgan fingerprint density at radius 2 is 1.43 bits per heavy atom. The molecule has 1 heterocycles. The van der Waals surface area contributed by atoms with Crippen molar-refractivity contribution >= 4 is 5.57 Å². The van der Waals surface area contributed by atoms with Gasteiger partial charge < -0.3 is 0 Å². The highest BCUT2D eigenvalue weighted by Gasteiger charge is 2.10. The number of hydrogen-bond donors (Lipinski definition) is 0. The van der Waals surface area contributed by atoms with Crippen LogP contribution >= 0.6 is 0 Å². The second kappa shape index (κ2) is 14.1. The molecule has 2 aromatic carbocycles. The molecular weight excluding hydrogens is 364 g/mol. The van der Waals surface area contributed by atoms with Crippen molar-refractivity contribution in [1.82, 2.24) is 9.97 Å². The average molecular weight is 401 g/mol. The molecule has 3 aromatic rings. The molecule has 3 rings (SSSR count). The van der Waals surface area contributed by atoms with Crippen LogP contribution in [0.5, 0.6) is 0 Å². The van der Waals surface area contributed by atoms with E-state index < -0.39 is 0 Å². The van der Waals surface area contributed by atoms with Crippen LogP contribution in [-0.2, 0) is 0 Å². The minimum Gasteiger partial charge on any atom is -0.228 e. The summed E-state index contributed by atoms with van der Waals surface area (Å²) in [6, 6.07) is 20.6. The molecule has 2 heteroatoms. The maximum Gasteiger partial charge on any atom is 0.160 e. The molecular formula is C28H36N2. The van der Waals surface area contributed by atoms with E-state index in [1.54, 1.807) is 0 Å². The quantitative estimate of drug-likeness (QED) is 0.410. The van der Waals surface area contributed by atoms with Gasteiger partial charge >= 0.3 is 0 Å². The molecule has 0 spiro atoms. The van der Waals surface area contributed by atoms with E-state index in [-0.39, 0.29) is 0 Å². The Hall–Kier alpha value is -3.00. The van der Waals surface area contributed by atoms with Gasteiger partial charge in [-0.1, -0.05) is 113 Å². The van der Waals surface area contributed by atoms with Crippen LogP contribution in [0.1, 0.15) is 59.2 Å². The van der Waals surface area contributed by atoms with Crippen molar-refractivity contribution in [3.8, 4) is 22.6 Å². The number of aryl methyl sites for hydroxylation is 1. The molecule has 0 N–H and O–H groups in total. The van der Waals surface area contributed by atoms with Gasteiger partial charge in [-0.25, -0.2) is 9.97 Å². The summed E-state index contributed by atoms with van der Waals surface area (Å²) in [6.07, 6.45) is 7.44. The van der Waals surface area contributed by atoms with E-state index >= 15 is 0 Å². The Morgan fingerprint density at radius 1 is 0.833 bits per heavy atom. The van der Waals surface area contributed by atoms with Gasteiger partial charge in [0.25, 0.3) is 0 Å². The molecule has 0 bridgehead atoms. The van der Waals surface area contributed by atoms with Gasteiger partial charge in [0, 0.05) is 11.1 Å². The first-order valence-corrected chi connectivity index (χ1v) is 10.9. The van der Waals surface area contributed by atoms with Crippen molar-refractivity contribution in [3.05, 3.63) is 90.1 Å². The van der Waals surface area contributed by atoms with E-state index in [2.05, 4.69) is 75.4 Å². The fraction of sp³-hybridized carbons (Fsp3) is 0.286. The van der Waals surface area contributed by atoms with Crippen LogP contribution in [0.4, 0.5) is 0 Å². The van der Waals surface area contributed by atoms with Gasteiger partial charge in [-0.3, -0.25) is 0 Å². The highest BCUT2D eigenvalue weighted by molar-refractivity contribution is 5.76. The number of benzene rings is 2. The lowest BCUT2D eigenvalue weighted by Crippen LogP contribution is -1.97. The van der Waals surface area contributed by atoms with Crippen molar-refractivity contribution < 1.29 is 0 Å². The molecule has 0 aliphatic rings. The summed E-state index contributed by atoms with van der Waals surface area (Å²) >= 11 is 0. The highest BCUT2D eigenvalue weighted by atomic mass is 14.9. The smallest absolute Gasteiger partial charge is 0.160 e. The number of rotatable bonds is 4. The average Bonchev–Trinajstić information content (AvgIpc) is 2.80. The third-order valence-electron chi connectivity index (χ3n) is 4.06. The van der Waals surface area contributed by atoms with E-state index in [1.165, 1.54) is 12.0 Å². The number of hydrogen-bond acceptors (Lipinski definition) is 2. The molecule has 2 nitrogen and oxygen atoms in total. The van der Waals surface area contributed by atoms with E-state index in [1.807, 2.05) is 52.0 Å². The first kappa shape index (κ1) is 25.0. The Labute approximate surface area is 183 Å². The van der Waals surface area contributed by atoms with Crippen LogP contribution in [0.2, 0.25) is 0 Å². The third kappa shape index (κ3) is 7.44. The van der Waals surface area contributed by atoms with Crippen LogP contribution in [0.3, 0.4) is 0 Å². The van der Waals surface area contributed by atoms with Gasteiger partial charge in [0.1, 0.15) is 0 Å². The topological polar surface area (TPSA) is 25.8 Å². The van der Waals surface area contributed by atoms with Gasteiger partial charge in [-0.05, 0) is 32.4 Å². The van der Waals surface area contributed by atoms with Crippen LogP contribution in [0, 0.1) is 6.92 Å². The SMILES string of the molecule is C/C=C\C(=C/C)c1cc(-c2ccccc2)nc(-c2ccc(C)cc2)n1.CC.CCC. The second-order valence-electron chi connectivity index (χ2n) is 6.65. The molecule has 158 valence electrons. The fourth-order valence-electron chi connectivity index (χ4n) is 2.69. The molecule has 0 saturated heterocycles. The minimum absolute atomic E-state index is 0.750. The first-order chi connectivity index (χ1) is 14.6. The second-order valence-corrected chi connectivity index (χ2v) is 6.65. The third-order valence-corrected chi connectivity index (χ3v) is 4.06. The Bertz CT molecular complexity index is 921. The zero-order valence-corrected chi connectivity index (χ0v) is 19.6. The first-order valence-electron chi connectivity index (χ1n) is 10.9. The molecule has 0 unspecified atom stereocenters. The van der Waals surface area contributed by atoms with Crippen molar-refractivity contribution in [2.45, 2.75) is 54.9 Å². The largest absolute Gasteiger partial charge is 0.228 e. The standard InChI is InChI=1S/C23H22N2.C3H8.C2H6/c1-4-9-18(5-2)21-16-22(19-10-7-6-8-11-19)25-23(24-21)20-14-12-17(3)13-15-20;1-3-2;1-2/h4-16H,1-3H3;3H2,1-2H3;1-2H3/b9-4-,18-5+;;. The van der Waals surface area contributed by atoms with E-state index in [4.69, 9.17) is 9.97 Å². The van der Waals surface area contributed by atoms with Crippen LogP contribution in [-0.4, -0.2) is 9.97 Å². The molecule has 0 aliphatic carbocycles. The van der Waals surface area contributed by atoms with Crippen LogP contribution in [0.25, 0.3) is 28.2 Å². The van der Waals surface area contributed by atoms with Gasteiger partial charge in [-0.15, -0.1) is 0 Å². The Balaban J connectivity index is 0.000000826. The molecule has 0 atom stereocenters. The number of aromatic nitrogens is 2. The van der Waals surface area contributed by atoms with Crippen molar-refractivity contribution in [2.75, 3.05) is 0 Å². The maximum absolute atomic E-state index is 4.82. The Kier molecular flexibility index (Phi) is 11.7. The van der Waals surface area contributed by atoms with E-state index in [0.717, 1.165) is 33.9 Å².